The smallest absolute Gasteiger partial charge is 0.416 e. The molecule has 1 aromatic heterocycles. The van der Waals surface area contributed by atoms with E-state index < -0.39 is 11.7 Å². The Hall–Kier alpha value is -2.57. The van der Waals surface area contributed by atoms with Gasteiger partial charge in [-0.1, -0.05) is 6.07 Å². The SMILES string of the molecule is [CH2]c1cc(C)cc(-n2nc3ccc(C(F)(F)F)cc3n2)c1O. The number of rotatable bonds is 1. The van der Waals surface area contributed by atoms with Gasteiger partial charge < -0.3 is 5.11 Å². The summed E-state index contributed by atoms with van der Waals surface area (Å²) in [5.74, 6) is -0.109. The Balaban J connectivity index is 2.17. The predicted molar refractivity (Wildman–Crippen MR) is 74.7 cm³/mol. The lowest BCUT2D eigenvalue weighted by molar-refractivity contribution is -0.137. The molecule has 1 N–H and O–H groups in total. The van der Waals surface area contributed by atoms with Crippen molar-refractivity contribution in [1.82, 2.24) is 15.0 Å². The topological polar surface area (TPSA) is 50.9 Å². The monoisotopic (exact) mass is 306 g/mol. The van der Waals surface area contributed by atoms with Crippen molar-refractivity contribution < 1.29 is 18.3 Å². The van der Waals surface area contributed by atoms with Crippen molar-refractivity contribution in [2.75, 3.05) is 0 Å². The van der Waals surface area contributed by atoms with E-state index in [1.807, 2.05) is 6.92 Å². The lowest BCUT2D eigenvalue weighted by Crippen LogP contribution is -2.04. The molecule has 0 saturated carbocycles. The molecular formula is C15H11F3N3O. The normalized spacial score (nSPS) is 12.0. The average Bonchev–Trinajstić information content (AvgIpc) is 2.84. The summed E-state index contributed by atoms with van der Waals surface area (Å²) in [4.78, 5) is 1.11. The first kappa shape index (κ1) is 14.4. The van der Waals surface area contributed by atoms with Gasteiger partial charge in [0.15, 0.2) is 0 Å². The number of phenolic OH excluding ortho intramolecular Hbond substituents is 1. The number of benzene rings is 2. The molecule has 1 radical (unpaired) electrons. The molecule has 22 heavy (non-hydrogen) atoms. The highest BCUT2D eigenvalue weighted by atomic mass is 19.4. The number of hydrogen-bond donors (Lipinski definition) is 1. The first-order valence-corrected chi connectivity index (χ1v) is 6.36. The van der Waals surface area contributed by atoms with Gasteiger partial charge in [-0.25, -0.2) is 0 Å². The molecule has 0 fully saturated rings. The minimum atomic E-state index is -4.44. The van der Waals surface area contributed by atoms with Crippen LogP contribution >= 0.6 is 0 Å². The van der Waals surface area contributed by atoms with Crippen LogP contribution in [0, 0.1) is 13.8 Å². The molecule has 2 aromatic carbocycles. The van der Waals surface area contributed by atoms with Gasteiger partial charge in [0.1, 0.15) is 22.5 Å². The van der Waals surface area contributed by atoms with E-state index >= 15 is 0 Å². The van der Waals surface area contributed by atoms with E-state index in [9.17, 15) is 18.3 Å². The first-order valence-electron chi connectivity index (χ1n) is 6.36. The summed E-state index contributed by atoms with van der Waals surface area (Å²) < 4.78 is 38.1. The number of nitrogens with zero attached hydrogens (tertiary/aromatic N) is 3. The third-order valence-electron chi connectivity index (χ3n) is 3.24. The quantitative estimate of drug-likeness (QED) is 0.747. The molecule has 113 valence electrons. The summed E-state index contributed by atoms with van der Waals surface area (Å²) >= 11 is 0. The van der Waals surface area contributed by atoms with E-state index in [4.69, 9.17) is 0 Å². The number of fused-ring (bicyclic) bond motifs is 1. The summed E-state index contributed by atoms with van der Waals surface area (Å²) in [7, 11) is 0. The van der Waals surface area contributed by atoms with Crippen molar-refractivity contribution in [2.45, 2.75) is 13.1 Å². The van der Waals surface area contributed by atoms with Gasteiger partial charge in [-0.05, 0) is 49.2 Å². The maximum Gasteiger partial charge on any atom is 0.416 e. The number of aryl methyl sites for hydroxylation is 1. The highest BCUT2D eigenvalue weighted by Crippen LogP contribution is 2.31. The number of halogens is 3. The Morgan fingerprint density at radius 3 is 2.45 bits per heavy atom. The lowest BCUT2D eigenvalue weighted by Gasteiger charge is -2.07. The molecule has 3 aromatic rings. The van der Waals surface area contributed by atoms with Crippen LogP contribution in [0.15, 0.2) is 30.3 Å². The van der Waals surface area contributed by atoms with E-state index in [1.165, 1.54) is 6.07 Å². The number of aromatic hydroxyl groups is 1. The Morgan fingerprint density at radius 2 is 1.77 bits per heavy atom. The fraction of sp³-hybridized carbons (Fsp3) is 0.133. The Morgan fingerprint density at radius 1 is 1.09 bits per heavy atom. The van der Waals surface area contributed by atoms with E-state index in [0.717, 1.165) is 22.5 Å². The number of hydrogen-bond acceptors (Lipinski definition) is 3. The van der Waals surface area contributed by atoms with Crippen LogP contribution in [-0.4, -0.2) is 20.1 Å². The van der Waals surface area contributed by atoms with E-state index in [2.05, 4.69) is 17.1 Å². The summed E-state index contributed by atoms with van der Waals surface area (Å²) in [6.45, 7) is 5.51. The molecule has 0 spiro atoms. The van der Waals surface area contributed by atoms with Crippen molar-refractivity contribution in [3.8, 4) is 11.4 Å². The van der Waals surface area contributed by atoms with Crippen molar-refractivity contribution in [3.05, 3.63) is 53.9 Å². The van der Waals surface area contributed by atoms with Crippen LogP contribution in [0.25, 0.3) is 16.7 Å². The number of aromatic nitrogens is 3. The van der Waals surface area contributed by atoms with E-state index in [1.54, 1.807) is 12.1 Å². The molecule has 0 unspecified atom stereocenters. The van der Waals surface area contributed by atoms with Gasteiger partial charge in [0.25, 0.3) is 0 Å². The second-order valence-electron chi connectivity index (χ2n) is 4.98. The van der Waals surface area contributed by atoms with Gasteiger partial charge in [-0.2, -0.15) is 13.2 Å². The van der Waals surface area contributed by atoms with Crippen molar-refractivity contribution >= 4 is 11.0 Å². The largest absolute Gasteiger partial charge is 0.505 e. The molecule has 0 atom stereocenters. The standard InChI is InChI=1S/C15H11F3N3O/c1-8-5-9(2)14(22)13(6-8)21-19-11-4-3-10(15(16,17)18)7-12(11)20-21/h3-7,22H,2H2,1H3. The van der Waals surface area contributed by atoms with Crippen LogP contribution < -0.4 is 0 Å². The van der Waals surface area contributed by atoms with Crippen LogP contribution in [0.2, 0.25) is 0 Å². The van der Waals surface area contributed by atoms with Gasteiger partial charge >= 0.3 is 6.18 Å². The third-order valence-corrected chi connectivity index (χ3v) is 3.24. The van der Waals surface area contributed by atoms with Crippen molar-refractivity contribution in [3.63, 3.8) is 0 Å². The number of phenols is 1. The molecule has 1 heterocycles. The summed E-state index contributed by atoms with van der Waals surface area (Å²) in [5, 5.41) is 18.2. The molecule has 0 saturated heterocycles. The van der Waals surface area contributed by atoms with Crippen LogP contribution in [0.3, 0.4) is 0 Å². The van der Waals surface area contributed by atoms with Gasteiger partial charge in [0.05, 0.1) is 5.56 Å². The highest BCUT2D eigenvalue weighted by molar-refractivity contribution is 5.75. The van der Waals surface area contributed by atoms with Crippen molar-refractivity contribution in [1.29, 1.82) is 0 Å². The second-order valence-corrected chi connectivity index (χ2v) is 4.98. The Labute approximate surface area is 123 Å². The minimum Gasteiger partial charge on any atom is -0.505 e. The second kappa shape index (κ2) is 4.72. The molecular weight excluding hydrogens is 295 g/mol. The summed E-state index contributed by atoms with van der Waals surface area (Å²) in [5.41, 5.74) is 1.11. The molecule has 0 amide bonds. The lowest BCUT2D eigenvalue weighted by atomic mass is 10.1. The zero-order chi connectivity index (χ0) is 16.1. The average molecular weight is 306 g/mol. The molecule has 0 bridgehead atoms. The van der Waals surface area contributed by atoms with E-state index in [0.29, 0.717) is 11.1 Å². The predicted octanol–water partition coefficient (Wildman–Crippen LogP) is 3.64. The first-order chi connectivity index (χ1) is 10.3. The van der Waals surface area contributed by atoms with Crippen LogP contribution in [-0.2, 0) is 6.18 Å². The molecule has 0 aliphatic rings. The zero-order valence-electron chi connectivity index (χ0n) is 11.5. The van der Waals surface area contributed by atoms with Crippen LogP contribution in [0.5, 0.6) is 5.75 Å². The van der Waals surface area contributed by atoms with Crippen LogP contribution in [0.4, 0.5) is 13.2 Å². The summed E-state index contributed by atoms with van der Waals surface area (Å²) in [6, 6.07) is 6.44. The third kappa shape index (κ3) is 2.38. The zero-order valence-corrected chi connectivity index (χ0v) is 11.5. The maximum atomic E-state index is 12.7. The highest BCUT2D eigenvalue weighted by Gasteiger charge is 2.31. The number of alkyl halides is 3. The van der Waals surface area contributed by atoms with E-state index in [-0.39, 0.29) is 17.0 Å². The van der Waals surface area contributed by atoms with Gasteiger partial charge in [0, 0.05) is 0 Å². The molecule has 4 nitrogen and oxygen atoms in total. The molecule has 0 aliphatic heterocycles. The fourth-order valence-electron chi connectivity index (χ4n) is 2.18. The maximum absolute atomic E-state index is 12.7. The molecule has 7 heteroatoms. The van der Waals surface area contributed by atoms with Gasteiger partial charge in [-0.15, -0.1) is 15.0 Å². The Bertz CT molecular complexity index is 868. The minimum absolute atomic E-state index is 0.0985. The Kier molecular flexibility index (Phi) is 3.09. The fourth-order valence-corrected chi connectivity index (χ4v) is 2.18. The molecule has 0 aliphatic carbocycles. The van der Waals surface area contributed by atoms with Gasteiger partial charge in [0.2, 0.25) is 0 Å². The van der Waals surface area contributed by atoms with Gasteiger partial charge in [-0.3, -0.25) is 0 Å². The van der Waals surface area contributed by atoms with Crippen LogP contribution in [0.1, 0.15) is 16.7 Å². The molecule has 3 rings (SSSR count). The summed E-state index contributed by atoms with van der Waals surface area (Å²) in [6.07, 6.45) is -4.44. The van der Waals surface area contributed by atoms with Crippen molar-refractivity contribution in [2.24, 2.45) is 0 Å².